The van der Waals surface area contributed by atoms with Gasteiger partial charge in [-0.1, -0.05) is 0 Å². The molecule has 6 heteroatoms. The summed E-state index contributed by atoms with van der Waals surface area (Å²) in [5, 5.41) is 8.32. The zero-order chi connectivity index (χ0) is 11.9. The van der Waals surface area contributed by atoms with Crippen molar-refractivity contribution in [1.82, 2.24) is 16.0 Å². The van der Waals surface area contributed by atoms with Crippen LogP contribution in [-0.4, -0.2) is 35.5 Å². The van der Waals surface area contributed by atoms with Gasteiger partial charge in [-0.05, 0) is 33.9 Å². The molecule has 3 N–H and O–H groups in total. The lowest BCUT2D eigenvalue weighted by Gasteiger charge is -2.26. The molecular formula is C9H18IN3O2. The second kappa shape index (κ2) is 7.00. The zero-order valence-corrected chi connectivity index (χ0v) is 11.5. The van der Waals surface area contributed by atoms with Gasteiger partial charge in [0.05, 0.1) is 6.54 Å². The maximum Gasteiger partial charge on any atom is 0.281 e. The first-order chi connectivity index (χ1) is 6.87. The summed E-state index contributed by atoms with van der Waals surface area (Å²) in [5.41, 5.74) is -0.254. The normalized spacial score (nSPS) is 10.9. The summed E-state index contributed by atoms with van der Waals surface area (Å²) < 4.78 is -0.226. The van der Waals surface area contributed by atoms with Crippen LogP contribution in [0, 0.1) is 0 Å². The van der Waals surface area contributed by atoms with Crippen molar-refractivity contribution in [2.24, 2.45) is 0 Å². The topological polar surface area (TPSA) is 70.2 Å². The van der Waals surface area contributed by atoms with Crippen LogP contribution in [-0.2, 0) is 4.79 Å². The van der Waals surface area contributed by atoms with Gasteiger partial charge in [0.15, 0.2) is 0 Å². The summed E-state index contributed by atoms with van der Waals surface area (Å²) in [5.74, 6) is -0.166. The molecule has 0 saturated heterocycles. The molecule has 0 aromatic carbocycles. The standard InChI is InChI=1S/C9H18IN3O2/c1-9(2,4-5-11-3)13-7(14)6-12-8(10)15/h11H,4-6H2,1-3H3,(H,12,15)(H,13,14). The molecule has 88 valence electrons. The minimum absolute atomic E-state index is 0.0325. The third kappa shape index (κ3) is 8.61. The average Bonchev–Trinajstić information content (AvgIpc) is 2.11. The van der Waals surface area contributed by atoms with E-state index in [1.165, 1.54) is 0 Å². The second-order valence-corrected chi connectivity index (χ2v) is 4.89. The highest BCUT2D eigenvalue weighted by Crippen LogP contribution is 2.06. The van der Waals surface area contributed by atoms with Gasteiger partial charge in [-0.15, -0.1) is 0 Å². The molecule has 0 aromatic rings. The monoisotopic (exact) mass is 327 g/mol. The fraction of sp³-hybridized carbons (Fsp3) is 0.778. The van der Waals surface area contributed by atoms with Gasteiger partial charge >= 0.3 is 0 Å². The van der Waals surface area contributed by atoms with Gasteiger partial charge in [0, 0.05) is 28.1 Å². The number of hydrogen-bond donors (Lipinski definition) is 3. The van der Waals surface area contributed by atoms with E-state index in [9.17, 15) is 9.59 Å². The minimum Gasteiger partial charge on any atom is -0.350 e. The van der Waals surface area contributed by atoms with Crippen LogP contribution in [0.3, 0.4) is 0 Å². The van der Waals surface area contributed by atoms with Crippen molar-refractivity contribution in [3.05, 3.63) is 0 Å². The van der Waals surface area contributed by atoms with Crippen molar-refractivity contribution in [1.29, 1.82) is 0 Å². The van der Waals surface area contributed by atoms with Gasteiger partial charge in [-0.3, -0.25) is 9.59 Å². The van der Waals surface area contributed by atoms with Crippen LogP contribution in [0.5, 0.6) is 0 Å². The summed E-state index contributed by atoms with van der Waals surface area (Å²) in [6, 6.07) is 0. The van der Waals surface area contributed by atoms with Crippen molar-refractivity contribution in [2.75, 3.05) is 20.1 Å². The smallest absolute Gasteiger partial charge is 0.281 e. The molecule has 0 spiro atoms. The molecule has 0 rings (SSSR count). The number of rotatable bonds is 6. The van der Waals surface area contributed by atoms with E-state index in [-0.39, 0.29) is 21.9 Å². The van der Waals surface area contributed by atoms with Crippen LogP contribution >= 0.6 is 22.6 Å². The van der Waals surface area contributed by atoms with Crippen molar-refractivity contribution in [3.63, 3.8) is 0 Å². The lowest BCUT2D eigenvalue weighted by atomic mass is 10.0. The lowest BCUT2D eigenvalue weighted by molar-refractivity contribution is -0.121. The van der Waals surface area contributed by atoms with Gasteiger partial charge in [-0.25, -0.2) is 0 Å². The van der Waals surface area contributed by atoms with E-state index in [0.717, 1.165) is 13.0 Å². The van der Waals surface area contributed by atoms with Crippen molar-refractivity contribution >= 4 is 32.4 Å². The summed E-state index contributed by atoms with van der Waals surface area (Å²) in [4.78, 5) is 21.9. The molecule has 0 saturated carbocycles. The van der Waals surface area contributed by atoms with E-state index in [1.807, 2.05) is 20.9 Å². The molecule has 5 nitrogen and oxygen atoms in total. The number of carbonyl (C=O) groups excluding carboxylic acids is 2. The van der Waals surface area contributed by atoms with Crippen LogP contribution in [0.2, 0.25) is 0 Å². The highest BCUT2D eigenvalue weighted by Gasteiger charge is 2.19. The number of carbonyl (C=O) groups is 2. The molecule has 15 heavy (non-hydrogen) atoms. The quantitative estimate of drug-likeness (QED) is 0.381. The fourth-order valence-electron chi connectivity index (χ4n) is 1.07. The van der Waals surface area contributed by atoms with E-state index in [2.05, 4.69) is 16.0 Å². The number of nitrogens with one attached hydrogen (secondary N) is 3. The van der Waals surface area contributed by atoms with Gasteiger partial charge in [0.1, 0.15) is 0 Å². The highest BCUT2D eigenvalue weighted by atomic mass is 127. The Bertz CT molecular complexity index is 231. The predicted octanol–water partition coefficient (Wildman–Crippen LogP) is 0.635. The molecule has 2 amide bonds. The molecule has 0 heterocycles. The van der Waals surface area contributed by atoms with E-state index in [4.69, 9.17) is 0 Å². The molecule has 0 atom stereocenters. The minimum atomic E-state index is -0.254. The van der Waals surface area contributed by atoms with Crippen LogP contribution in [0.25, 0.3) is 0 Å². The Morgan fingerprint density at radius 2 is 1.93 bits per heavy atom. The van der Waals surface area contributed by atoms with Gasteiger partial charge in [0.25, 0.3) is 3.91 Å². The Hall–Kier alpha value is -0.370. The van der Waals surface area contributed by atoms with Crippen molar-refractivity contribution in [2.45, 2.75) is 25.8 Å². The molecule has 0 radical (unpaired) electrons. The van der Waals surface area contributed by atoms with E-state index < -0.39 is 0 Å². The Labute approximate surface area is 104 Å². The third-order valence-corrected chi connectivity index (χ3v) is 2.25. The first kappa shape index (κ1) is 14.6. The Kier molecular flexibility index (Phi) is 6.82. The summed E-state index contributed by atoms with van der Waals surface area (Å²) in [6.45, 7) is 4.78. The van der Waals surface area contributed by atoms with E-state index >= 15 is 0 Å². The molecule has 0 aliphatic carbocycles. The Morgan fingerprint density at radius 1 is 1.33 bits per heavy atom. The maximum absolute atomic E-state index is 11.4. The molecule has 0 aliphatic rings. The predicted molar refractivity (Wildman–Crippen MR) is 68.2 cm³/mol. The highest BCUT2D eigenvalue weighted by molar-refractivity contribution is 14.1. The van der Waals surface area contributed by atoms with Gasteiger partial charge < -0.3 is 16.0 Å². The van der Waals surface area contributed by atoms with Crippen molar-refractivity contribution < 1.29 is 9.59 Å². The van der Waals surface area contributed by atoms with Crippen LogP contribution in [0.4, 0.5) is 4.79 Å². The van der Waals surface area contributed by atoms with Crippen LogP contribution in [0.15, 0.2) is 0 Å². The third-order valence-electron chi connectivity index (χ3n) is 1.87. The molecule has 0 aromatic heterocycles. The molecule has 0 aliphatic heterocycles. The Morgan fingerprint density at radius 3 is 2.40 bits per heavy atom. The van der Waals surface area contributed by atoms with Crippen molar-refractivity contribution in [3.8, 4) is 0 Å². The summed E-state index contributed by atoms with van der Waals surface area (Å²) >= 11 is 1.60. The number of hydrogen-bond acceptors (Lipinski definition) is 3. The maximum atomic E-state index is 11.4. The van der Waals surface area contributed by atoms with Crippen LogP contribution in [0.1, 0.15) is 20.3 Å². The number of halogens is 1. The summed E-state index contributed by atoms with van der Waals surface area (Å²) in [6.07, 6.45) is 0.841. The number of amides is 2. The van der Waals surface area contributed by atoms with Crippen LogP contribution < -0.4 is 16.0 Å². The van der Waals surface area contributed by atoms with E-state index in [0.29, 0.717) is 0 Å². The lowest BCUT2D eigenvalue weighted by Crippen LogP contribution is -2.48. The Balaban J connectivity index is 3.87. The second-order valence-electron chi connectivity index (χ2n) is 3.91. The average molecular weight is 327 g/mol. The van der Waals surface area contributed by atoms with Gasteiger partial charge in [0.2, 0.25) is 5.91 Å². The molecule has 0 fully saturated rings. The largest absolute Gasteiger partial charge is 0.350 e. The fourth-order valence-corrected chi connectivity index (χ4v) is 1.26. The first-order valence-electron chi connectivity index (χ1n) is 4.76. The molecule has 0 unspecified atom stereocenters. The zero-order valence-electron chi connectivity index (χ0n) is 9.32. The first-order valence-corrected chi connectivity index (χ1v) is 5.84. The molecule has 0 bridgehead atoms. The SMILES string of the molecule is CNCCC(C)(C)NC(=O)CNC(=O)I. The molecular weight excluding hydrogens is 309 g/mol. The van der Waals surface area contributed by atoms with Gasteiger partial charge in [-0.2, -0.15) is 0 Å². The van der Waals surface area contributed by atoms with E-state index in [1.54, 1.807) is 22.6 Å². The summed E-state index contributed by atoms with van der Waals surface area (Å²) in [7, 11) is 1.87.